The summed E-state index contributed by atoms with van der Waals surface area (Å²) in [5, 5.41) is 16.1. The zero-order chi connectivity index (χ0) is 26.1. The maximum Gasteiger partial charge on any atom is 0.231 e. The van der Waals surface area contributed by atoms with Gasteiger partial charge in [0, 0.05) is 37.6 Å². The van der Waals surface area contributed by atoms with Gasteiger partial charge in [-0.2, -0.15) is 4.98 Å². The quantitative estimate of drug-likeness (QED) is 0.305. The number of nitrogens with zero attached hydrogens (tertiary/aromatic N) is 6. The molecular formula is C27H28F2N8. The number of benzene rings is 2. The summed E-state index contributed by atoms with van der Waals surface area (Å²) in [7, 11) is 0. The van der Waals surface area contributed by atoms with Gasteiger partial charge in [-0.05, 0) is 48.7 Å². The minimum atomic E-state index is -0.302. The average Bonchev–Trinajstić information content (AvgIpc) is 2.91. The van der Waals surface area contributed by atoms with Crippen molar-refractivity contribution in [2.75, 3.05) is 18.0 Å². The third-order valence-corrected chi connectivity index (χ3v) is 7.02. The molecule has 0 amide bonds. The van der Waals surface area contributed by atoms with Crippen LogP contribution in [-0.4, -0.2) is 55.9 Å². The van der Waals surface area contributed by atoms with Gasteiger partial charge in [-0.1, -0.05) is 31.2 Å². The third-order valence-electron chi connectivity index (χ3n) is 7.02. The molecule has 5 rings (SSSR count). The van der Waals surface area contributed by atoms with Gasteiger partial charge in [-0.3, -0.25) is 20.3 Å². The Morgan fingerprint density at radius 3 is 2.14 bits per heavy atom. The number of halogens is 2. The molecule has 0 unspecified atom stereocenters. The summed E-state index contributed by atoms with van der Waals surface area (Å²) in [6.45, 7) is 5.47. The van der Waals surface area contributed by atoms with Crippen molar-refractivity contribution in [3.05, 3.63) is 89.3 Å². The summed E-state index contributed by atoms with van der Waals surface area (Å²) in [5.41, 5.74) is 2.72. The smallest absolute Gasteiger partial charge is 0.231 e. The van der Waals surface area contributed by atoms with Crippen LogP contribution in [0.15, 0.2) is 60.9 Å². The molecule has 37 heavy (non-hydrogen) atoms. The standard InChI is InChI=1S/C27H28F2N8/c1-3-22-15-35(26-23-25(33-13-12-32-23)37(16-30)27(31)34-26)17(2)14-36(22)24(18-4-8-20(28)9-5-18)19-6-10-21(29)11-7-19/h4-13,16-17,22,24,30-31H,3,14-15H2,1-2H3/t17-,22+/m0/s1. The fraction of sp³-hybridized carbons (Fsp3) is 0.296. The summed E-state index contributed by atoms with van der Waals surface area (Å²) >= 11 is 0. The van der Waals surface area contributed by atoms with E-state index in [0.717, 1.165) is 23.9 Å². The number of anilines is 1. The van der Waals surface area contributed by atoms with Gasteiger partial charge >= 0.3 is 0 Å². The lowest BCUT2D eigenvalue weighted by Gasteiger charge is -2.49. The Morgan fingerprint density at radius 1 is 0.973 bits per heavy atom. The van der Waals surface area contributed by atoms with E-state index in [2.05, 4.69) is 38.6 Å². The van der Waals surface area contributed by atoms with Gasteiger partial charge in [0.2, 0.25) is 5.62 Å². The maximum atomic E-state index is 13.8. The van der Waals surface area contributed by atoms with Crippen LogP contribution in [0.2, 0.25) is 0 Å². The van der Waals surface area contributed by atoms with Crippen LogP contribution in [0.3, 0.4) is 0 Å². The minimum Gasteiger partial charge on any atom is -0.349 e. The van der Waals surface area contributed by atoms with Crippen LogP contribution < -0.4 is 10.5 Å². The monoisotopic (exact) mass is 502 g/mol. The highest BCUT2D eigenvalue weighted by Crippen LogP contribution is 2.36. The Labute approximate surface area is 213 Å². The van der Waals surface area contributed by atoms with E-state index in [1.54, 1.807) is 30.5 Å². The van der Waals surface area contributed by atoms with Crippen LogP contribution in [0.5, 0.6) is 0 Å². The number of aromatic nitrogens is 4. The molecule has 2 N–H and O–H groups in total. The molecule has 4 aromatic rings. The number of piperazine rings is 1. The van der Waals surface area contributed by atoms with E-state index in [4.69, 9.17) is 10.8 Å². The first kappa shape index (κ1) is 24.6. The lowest BCUT2D eigenvalue weighted by atomic mass is 9.92. The van der Waals surface area contributed by atoms with Gasteiger partial charge in [0.25, 0.3) is 0 Å². The SMILES string of the molecule is CC[C@@H]1CN(c2nc(=N)n(C=N)c3nccnc23)[C@@H](C)CN1C(c1ccc(F)cc1)c1ccc(F)cc1. The molecule has 190 valence electrons. The third kappa shape index (κ3) is 4.60. The minimum absolute atomic E-state index is 0.0147. The first-order valence-corrected chi connectivity index (χ1v) is 12.2. The zero-order valence-electron chi connectivity index (χ0n) is 20.6. The molecule has 1 fully saturated rings. The Balaban J connectivity index is 1.57. The first-order valence-electron chi connectivity index (χ1n) is 12.2. The van der Waals surface area contributed by atoms with E-state index in [0.29, 0.717) is 30.1 Å². The first-order chi connectivity index (χ1) is 17.9. The Hall–Kier alpha value is -4.05. The van der Waals surface area contributed by atoms with Gasteiger partial charge in [0.15, 0.2) is 11.5 Å². The highest BCUT2D eigenvalue weighted by molar-refractivity contribution is 5.86. The van der Waals surface area contributed by atoms with Crippen molar-refractivity contribution in [2.24, 2.45) is 0 Å². The predicted octanol–water partition coefficient (Wildman–Crippen LogP) is 4.12. The molecule has 1 saturated heterocycles. The van der Waals surface area contributed by atoms with Crippen LogP contribution in [0.25, 0.3) is 11.2 Å². The van der Waals surface area contributed by atoms with Crippen molar-refractivity contribution in [2.45, 2.75) is 38.4 Å². The lowest BCUT2D eigenvalue weighted by Crippen LogP contribution is -2.58. The van der Waals surface area contributed by atoms with E-state index < -0.39 is 0 Å². The van der Waals surface area contributed by atoms with Crippen molar-refractivity contribution in [1.29, 1.82) is 10.8 Å². The lowest BCUT2D eigenvalue weighted by molar-refractivity contribution is 0.115. The molecule has 2 atom stereocenters. The number of nitrogens with one attached hydrogen (secondary N) is 2. The van der Waals surface area contributed by atoms with Crippen molar-refractivity contribution in [3.63, 3.8) is 0 Å². The van der Waals surface area contributed by atoms with Gasteiger partial charge in [0.05, 0.1) is 12.4 Å². The maximum absolute atomic E-state index is 13.8. The summed E-state index contributed by atoms with van der Waals surface area (Å²) in [6.07, 6.45) is 4.97. The molecule has 0 bridgehead atoms. The zero-order valence-corrected chi connectivity index (χ0v) is 20.6. The molecule has 0 spiro atoms. The van der Waals surface area contributed by atoms with Crippen LogP contribution in [0.1, 0.15) is 37.4 Å². The molecule has 3 heterocycles. The Morgan fingerprint density at radius 2 is 1.57 bits per heavy atom. The number of hydrogen-bond donors (Lipinski definition) is 2. The van der Waals surface area contributed by atoms with Crippen LogP contribution in [0, 0.1) is 22.5 Å². The van der Waals surface area contributed by atoms with Gasteiger partial charge in [0.1, 0.15) is 17.2 Å². The molecular weight excluding hydrogens is 474 g/mol. The largest absolute Gasteiger partial charge is 0.349 e. The summed E-state index contributed by atoms with van der Waals surface area (Å²) < 4.78 is 28.9. The molecule has 2 aromatic heterocycles. The fourth-order valence-corrected chi connectivity index (χ4v) is 5.20. The second-order valence-corrected chi connectivity index (χ2v) is 9.25. The molecule has 10 heteroatoms. The Kier molecular flexibility index (Phi) is 6.75. The molecule has 0 saturated carbocycles. The molecule has 2 aromatic carbocycles. The predicted molar refractivity (Wildman–Crippen MR) is 138 cm³/mol. The van der Waals surface area contributed by atoms with Gasteiger partial charge < -0.3 is 4.90 Å². The Bertz CT molecular complexity index is 1420. The van der Waals surface area contributed by atoms with Crippen molar-refractivity contribution in [3.8, 4) is 0 Å². The van der Waals surface area contributed by atoms with E-state index >= 15 is 0 Å². The van der Waals surface area contributed by atoms with E-state index in [1.165, 1.54) is 35.0 Å². The van der Waals surface area contributed by atoms with Crippen LogP contribution in [-0.2, 0) is 0 Å². The topological polar surface area (TPSA) is 97.8 Å². The molecule has 0 radical (unpaired) electrons. The molecule has 0 aliphatic carbocycles. The van der Waals surface area contributed by atoms with E-state index in [9.17, 15) is 8.78 Å². The molecule has 1 aliphatic rings. The second kappa shape index (κ2) is 10.1. The van der Waals surface area contributed by atoms with Crippen molar-refractivity contribution < 1.29 is 8.78 Å². The highest BCUT2D eigenvalue weighted by Gasteiger charge is 2.37. The number of hydrogen-bond acceptors (Lipinski definition) is 7. The van der Waals surface area contributed by atoms with E-state index in [1.807, 2.05) is 0 Å². The summed E-state index contributed by atoms with van der Waals surface area (Å²) in [5.74, 6) is -0.0383. The van der Waals surface area contributed by atoms with Gasteiger partial charge in [-0.25, -0.2) is 18.7 Å². The molecule has 1 aliphatic heterocycles. The number of rotatable bonds is 6. The number of fused-ring (bicyclic) bond motifs is 1. The summed E-state index contributed by atoms with van der Waals surface area (Å²) in [6, 6.07) is 12.9. The van der Waals surface area contributed by atoms with Crippen molar-refractivity contribution in [1.82, 2.24) is 24.4 Å². The van der Waals surface area contributed by atoms with Crippen molar-refractivity contribution >= 4 is 23.3 Å². The van der Waals surface area contributed by atoms with E-state index in [-0.39, 0.29) is 35.4 Å². The van der Waals surface area contributed by atoms with Crippen LogP contribution >= 0.6 is 0 Å². The summed E-state index contributed by atoms with van der Waals surface area (Å²) in [4.78, 5) is 17.9. The normalized spacial score (nSPS) is 18.5. The van der Waals surface area contributed by atoms with Crippen LogP contribution in [0.4, 0.5) is 14.6 Å². The second-order valence-electron chi connectivity index (χ2n) is 9.25. The van der Waals surface area contributed by atoms with Gasteiger partial charge in [-0.15, -0.1) is 0 Å². The molecule has 8 nitrogen and oxygen atoms in total. The highest BCUT2D eigenvalue weighted by atomic mass is 19.1. The average molecular weight is 503 g/mol. The fourth-order valence-electron chi connectivity index (χ4n) is 5.20.